The highest BCUT2D eigenvalue weighted by molar-refractivity contribution is 5.91. The molecule has 1 aromatic heterocycles. The molecule has 1 atom stereocenters. The Balaban J connectivity index is 1.90. The predicted octanol–water partition coefficient (Wildman–Crippen LogP) is 4.11. The molecule has 3 rings (SSSR count). The summed E-state index contributed by atoms with van der Waals surface area (Å²) in [4.78, 5) is 4.15. The Morgan fingerprint density at radius 2 is 1.67 bits per heavy atom. The van der Waals surface area contributed by atoms with Gasteiger partial charge in [-0.25, -0.2) is 18.2 Å². The van der Waals surface area contributed by atoms with Crippen LogP contribution in [0.3, 0.4) is 0 Å². The number of aliphatic hydroxyl groups excluding tert-OH is 1. The Morgan fingerprint density at radius 3 is 2.38 bits per heavy atom. The smallest absolute Gasteiger partial charge is 0.149 e. The van der Waals surface area contributed by atoms with E-state index in [-0.39, 0.29) is 12.1 Å². The number of fused-ring (bicyclic) bond motifs is 1. The van der Waals surface area contributed by atoms with E-state index in [1.807, 2.05) is 0 Å². The van der Waals surface area contributed by atoms with Gasteiger partial charge >= 0.3 is 0 Å². The lowest BCUT2D eigenvalue weighted by atomic mass is 10.1. The molecule has 3 aromatic rings. The number of hydrogen-bond acceptors (Lipinski definition) is 3. The first-order valence-corrected chi connectivity index (χ1v) is 7.39. The first-order valence-electron chi connectivity index (χ1n) is 7.39. The molecule has 0 fully saturated rings. The van der Waals surface area contributed by atoms with Crippen LogP contribution in [0.1, 0.15) is 17.4 Å². The molecule has 124 valence electrons. The lowest BCUT2D eigenvalue weighted by molar-refractivity contribution is 0.181. The van der Waals surface area contributed by atoms with Gasteiger partial charge in [0.25, 0.3) is 0 Å². The van der Waals surface area contributed by atoms with Crippen LogP contribution in [0.5, 0.6) is 0 Å². The van der Waals surface area contributed by atoms with Crippen LogP contribution in [0.2, 0.25) is 0 Å². The van der Waals surface area contributed by atoms with E-state index in [1.54, 1.807) is 25.1 Å². The van der Waals surface area contributed by atoms with Crippen LogP contribution in [-0.4, -0.2) is 16.6 Å². The number of aryl methyl sites for hydroxylation is 1. The third-order valence-electron chi connectivity index (χ3n) is 3.74. The summed E-state index contributed by atoms with van der Waals surface area (Å²) in [6.45, 7) is 1.58. The molecule has 0 aliphatic rings. The number of aromatic nitrogens is 1. The summed E-state index contributed by atoms with van der Waals surface area (Å²) in [6.07, 6.45) is -1.39. The molecule has 0 spiro atoms. The number of nitrogens with one attached hydrogen (secondary N) is 1. The Hall–Kier alpha value is -2.60. The highest BCUT2D eigenvalue weighted by Crippen LogP contribution is 2.27. The quantitative estimate of drug-likeness (QED) is 0.756. The van der Waals surface area contributed by atoms with Crippen molar-refractivity contribution in [3.05, 3.63) is 71.2 Å². The second kappa shape index (κ2) is 6.49. The molecule has 2 N–H and O–H groups in total. The van der Waals surface area contributed by atoms with Gasteiger partial charge in [0.2, 0.25) is 0 Å². The number of pyridine rings is 1. The second-order valence-corrected chi connectivity index (χ2v) is 5.48. The summed E-state index contributed by atoms with van der Waals surface area (Å²) in [7, 11) is 0. The van der Waals surface area contributed by atoms with E-state index in [1.165, 1.54) is 12.1 Å². The van der Waals surface area contributed by atoms with Gasteiger partial charge in [-0.05, 0) is 31.2 Å². The molecule has 24 heavy (non-hydrogen) atoms. The molecule has 0 saturated heterocycles. The summed E-state index contributed by atoms with van der Waals surface area (Å²) in [6, 6.07) is 9.63. The summed E-state index contributed by atoms with van der Waals surface area (Å²) in [5.41, 5.74) is 0.923. The fourth-order valence-electron chi connectivity index (χ4n) is 2.63. The van der Waals surface area contributed by atoms with Crippen LogP contribution in [0, 0.1) is 24.4 Å². The van der Waals surface area contributed by atoms with Gasteiger partial charge < -0.3 is 10.4 Å². The summed E-state index contributed by atoms with van der Waals surface area (Å²) in [5.74, 6) is -2.09. The van der Waals surface area contributed by atoms with E-state index >= 15 is 0 Å². The molecule has 3 nitrogen and oxygen atoms in total. The molecule has 1 heterocycles. The maximum atomic E-state index is 13.9. The Bertz CT molecular complexity index is 879. The fourth-order valence-corrected chi connectivity index (χ4v) is 2.63. The number of para-hydroxylation sites is 1. The molecule has 0 bridgehead atoms. The lowest BCUT2D eigenvalue weighted by Gasteiger charge is -2.16. The highest BCUT2D eigenvalue weighted by Gasteiger charge is 2.18. The van der Waals surface area contributed by atoms with Crippen molar-refractivity contribution in [3.8, 4) is 0 Å². The lowest BCUT2D eigenvalue weighted by Crippen LogP contribution is -2.15. The summed E-state index contributed by atoms with van der Waals surface area (Å²) in [5, 5.41) is 13.6. The molecule has 0 aliphatic carbocycles. The third kappa shape index (κ3) is 3.05. The summed E-state index contributed by atoms with van der Waals surface area (Å²) < 4.78 is 41.3. The van der Waals surface area contributed by atoms with E-state index in [2.05, 4.69) is 10.3 Å². The maximum Gasteiger partial charge on any atom is 0.149 e. The number of hydrogen-bond donors (Lipinski definition) is 2. The van der Waals surface area contributed by atoms with E-state index in [9.17, 15) is 18.3 Å². The zero-order chi connectivity index (χ0) is 17.3. The van der Waals surface area contributed by atoms with E-state index < -0.39 is 29.1 Å². The molecular formula is C18H15F3N2O. The number of nitrogens with zero attached hydrogens (tertiary/aromatic N) is 1. The number of anilines is 1. The summed E-state index contributed by atoms with van der Waals surface area (Å²) >= 11 is 0. The molecule has 0 saturated carbocycles. The fraction of sp³-hybridized carbons (Fsp3) is 0.167. The minimum atomic E-state index is -1.39. The van der Waals surface area contributed by atoms with Crippen molar-refractivity contribution in [2.75, 3.05) is 11.9 Å². The first kappa shape index (κ1) is 16.3. The van der Waals surface area contributed by atoms with Crippen molar-refractivity contribution >= 4 is 16.6 Å². The number of halogens is 3. The number of aliphatic hydroxyl groups is 1. The van der Waals surface area contributed by atoms with Gasteiger partial charge in [-0.15, -0.1) is 0 Å². The van der Waals surface area contributed by atoms with Gasteiger partial charge in [-0.3, -0.25) is 0 Å². The van der Waals surface area contributed by atoms with Crippen LogP contribution in [-0.2, 0) is 0 Å². The van der Waals surface area contributed by atoms with Crippen LogP contribution >= 0.6 is 0 Å². The SMILES string of the molecule is Cc1cc(NCC(O)c2c(F)cccc2F)c2cccc(F)c2n1. The van der Waals surface area contributed by atoms with Crippen LogP contribution in [0.25, 0.3) is 10.9 Å². The molecule has 0 aliphatic heterocycles. The van der Waals surface area contributed by atoms with Crippen molar-refractivity contribution in [1.82, 2.24) is 4.98 Å². The predicted molar refractivity (Wildman–Crippen MR) is 86.2 cm³/mol. The Morgan fingerprint density at radius 1 is 1.04 bits per heavy atom. The van der Waals surface area contributed by atoms with Crippen molar-refractivity contribution in [2.24, 2.45) is 0 Å². The van der Waals surface area contributed by atoms with Crippen LogP contribution in [0.4, 0.5) is 18.9 Å². The molecular weight excluding hydrogens is 317 g/mol. The minimum absolute atomic E-state index is 0.132. The third-order valence-corrected chi connectivity index (χ3v) is 3.74. The average molecular weight is 332 g/mol. The van der Waals surface area contributed by atoms with Gasteiger partial charge in [-0.2, -0.15) is 0 Å². The van der Waals surface area contributed by atoms with Crippen molar-refractivity contribution in [3.63, 3.8) is 0 Å². The maximum absolute atomic E-state index is 13.9. The second-order valence-electron chi connectivity index (χ2n) is 5.48. The monoisotopic (exact) mass is 332 g/mol. The molecule has 1 unspecified atom stereocenters. The van der Waals surface area contributed by atoms with Crippen LogP contribution < -0.4 is 5.32 Å². The van der Waals surface area contributed by atoms with Gasteiger partial charge in [0, 0.05) is 23.3 Å². The van der Waals surface area contributed by atoms with E-state index in [4.69, 9.17) is 0 Å². The molecule has 0 radical (unpaired) electrons. The van der Waals surface area contributed by atoms with Gasteiger partial charge in [0.1, 0.15) is 29.1 Å². The zero-order valence-electron chi connectivity index (χ0n) is 12.9. The normalized spacial score (nSPS) is 12.4. The standard InChI is InChI=1S/C18H15F3N2O/c1-10-8-15(11-4-2-7-14(21)18(11)23-10)22-9-16(24)17-12(19)5-3-6-13(17)20/h2-8,16,24H,9H2,1H3,(H,22,23). The van der Waals surface area contributed by atoms with Crippen molar-refractivity contribution in [2.45, 2.75) is 13.0 Å². The van der Waals surface area contributed by atoms with E-state index in [0.717, 1.165) is 12.1 Å². The minimum Gasteiger partial charge on any atom is -0.386 e. The Labute approximate surface area is 136 Å². The zero-order valence-corrected chi connectivity index (χ0v) is 12.9. The topological polar surface area (TPSA) is 45.1 Å². The van der Waals surface area contributed by atoms with Crippen molar-refractivity contribution < 1.29 is 18.3 Å². The average Bonchev–Trinajstić information content (AvgIpc) is 2.53. The Kier molecular flexibility index (Phi) is 4.40. The largest absolute Gasteiger partial charge is 0.386 e. The molecule has 6 heteroatoms. The first-order chi connectivity index (χ1) is 11.5. The van der Waals surface area contributed by atoms with Gasteiger partial charge in [0.15, 0.2) is 0 Å². The van der Waals surface area contributed by atoms with Crippen molar-refractivity contribution in [1.29, 1.82) is 0 Å². The molecule has 0 amide bonds. The van der Waals surface area contributed by atoms with Gasteiger partial charge in [0.05, 0.1) is 5.56 Å². The molecule has 2 aromatic carbocycles. The highest BCUT2D eigenvalue weighted by atomic mass is 19.1. The van der Waals surface area contributed by atoms with Gasteiger partial charge in [-0.1, -0.05) is 18.2 Å². The number of rotatable bonds is 4. The number of benzene rings is 2. The van der Waals surface area contributed by atoms with E-state index in [0.29, 0.717) is 16.8 Å². The van der Waals surface area contributed by atoms with Crippen LogP contribution in [0.15, 0.2) is 42.5 Å².